The van der Waals surface area contributed by atoms with Crippen LogP contribution in [0.3, 0.4) is 0 Å². The smallest absolute Gasteiger partial charge is 0.262 e. The second-order valence-corrected chi connectivity index (χ2v) is 6.18. The summed E-state index contributed by atoms with van der Waals surface area (Å²) in [6.07, 6.45) is -0.290. The van der Waals surface area contributed by atoms with Crippen molar-refractivity contribution in [2.75, 3.05) is 18.1 Å². The minimum Gasteiger partial charge on any atom is -0.493 e. The minimum atomic E-state index is -0.390. The summed E-state index contributed by atoms with van der Waals surface area (Å²) >= 11 is 7.55. The number of aromatic nitrogens is 2. The second kappa shape index (κ2) is 6.09. The largest absolute Gasteiger partial charge is 0.493 e. The Morgan fingerprint density at radius 3 is 2.76 bits per heavy atom. The van der Waals surface area contributed by atoms with Gasteiger partial charge >= 0.3 is 0 Å². The summed E-state index contributed by atoms with van der Waals surface area (Å²) in [5, 5.41) is 10.7. The molecule has 2 aromatic rings. The number of hydrogen-bond acceptors (Lipinski definition) is 5. The van der Waals surface area contributed by atoms with Crippen molar-refractivity contribution in [2.24, 2.45) is 0 Å². The first-order chi connectivity index (χ1) is 10.1. The third-order valence-electron chi connectivity index (χ3n) is 3.17. The van der Waals surface area contributed by atoms with Gasteiger partial charge in [0.15, 0.2) is 0 Å². The van der Waals surface area contributed by atoms with Crippen molar-refractivity contribution < 1.29 is 9.84 Å². The van der Waals surface area contributed by atoms with Crippen molar-refractivity contribution >= 4 is 23.4 Å². The van der Waals surface area contributed by atoms with Gasteiger partial charge in [0.25, 0.3) is 5.56 Å². The van der Waals surface area contributed by atoms with Crippen molar-refractivity contribution in [1.29, 1.82) is 0 Å². The lowest BCUT2D eigenvalue weighted by Crippen LogP contribution is -2.22. The number of hydrogen-bond donors (Lipinski definition) is 2. The molecule has 110 valence electrons. The van der Waals surface area contributed by atoms with Crippen LogP contribution in [-0.4, -0.2) is 33.2 Å². The fourth-order valence-electron chi connectivity index (χ4n) is 2.15. The molecule has 7 heteroatoms. The van der Waals surface area contributed by atoms with Gasteiger partial charge in [-0.05, 0) is 17.7 Å². The lowest BCUT2D eigenvalue weighted by molar-refractivity contribution is 0.0688. The zero-order valence-corrected chi connectivity index (χ0v) is 12.6. The number of thioether (sulfide) groups is 1. The van der Waals surface area contributed by atoms with Gasteiger partial charge in [-0.25, -0.2) is 0 Å². The maximum absolute atomic E-state index is 12.2. The van der Waals surface area contributed by atoms with Crippen molar-refractivity contribution in [3.8, 4) is 17.0 Å². The van der Waals surface area contributed by atoms with E-state index in [4.69, 9.17) is 16.3 Å². The summed E-state index contributed by atoms with van der Waals surface area (Å²) in [5.74, 6) is 1.70. The molecule has 1 aliphatic rings. The molecule has 1 aliphatic heterocycles. The number of ether oxygens (including phenoxy) is 1. The van der Waals surface area contributed by atoms with Gasteiger partial charge in [-0.3, -0.25) is 4.79 Å². The Labute approximate surface area is 130 Å². The Morgan fingerprint density at radius 1 is 1.38 bits per heavy atom. The zero-order chi connectivity index (χ0) is 14.8. The fourth-order valence-corrected chi connectivity index (χ4v) is 3.13. The van der Waals surface area contributed by atoms with Gasteiger partial charge in [0.1, 0.15) is 17.5 Å². The first-order valence-electron chi connectivity index (χ1n) is 6.43. The average Bonchev–Trinajstić information content (AvgIpc) is 2.49. The molecule has 2 heterocycles. The van der Waals surface area contributed by atoms with Crippen LogP contribution in [-0.2, 0) is 4.74 Å². The highest BCUT2D eigenvalue weighted by Crippen LogP contribution is 2.28. The molecule has 5 nitrogen and oxygen atoms in total. The van der Waals surface area contributed by atoms with Crippen molar-refractivity contribution in [2.45, 2.75) is 6.10 Å². The van der Waals surface area contributed by atoms with Crippen LogP contribution in [0.5, 0.6) is 5.88 Å². The average molecular weight is 325 g/mol. The van der Waals surface area contributed by atoms with E-state index in [0.29, 0.717) is 28.8 Å². The van der Waals surface area contributed by atoms with Gasteiger partial charge in [-0.1, -0.05) is 23.7 Å². The summed E-state index contributed by atoms with van der Waals surface area (Å²) in [4.78, 5) is 19.0. The Balaban J connectivity index is 2.00. The van der Waals surface area contributed by atoms with E-state index in [9.17, 15) is 9.90 Å². The molecule has 0 aliphatic carbocycles. The predicted octanol–water partition coefficient (Wildman–Crippen LogP) is 2.60. The number of benzene rings is 1. The summed E-state index contributed by atoms with van der Waals surface area (Å²) in [5.41, 5.74) is 0.314. The van der Waals surface area contributed by atoms with Crippen LogP contribution in [0.4, 0.5) is 0 Å². The third-order valence-corrected chi connectivity index (χ3v) is 4.42. The SMILES string of the molecule is O=c1[nH]c(C2CSCCO2)nc(O)c1-c1ccc(Cl)cc1. The topological polar surface area (TPSA) is 75.2 Å². The summed E-state index contributed by atoms with van der Waals surface area (Å²) in [6.45, 7) is 0.610. The molecule has 2 N–H and O–H groups in total. The number of H-pyrrole nitrogens is 1. The molecule has 1 aromatic carbocycles. The normalized spacial score (nSPS) is 18.6. The van der Waals surface area contributed by atoms with E-state index in [0.717, 1.165) is 5.75 Å². The number of rotatable bonds is 2. The zero-order valence-electron chi connectivity index (χ0n) is 11.0. The van der Waals surface area contributed by atoms with Gasteiger partial charge in [0.05, 0.1) is 6.61 Å². The van der Waals surface area contributed by atoms with Crippen LogP contribution in [0.2, 0.25) is 5.02 Å². The van der Waals surface area contributed by atoms with Crippen LogP contribution in [0.1, 0.15) is 11.9 Å². The van der Waals surface area contributed by atoms with Crippen LogP contribution < -0.4 is 5.56 Å². The number of aromatic hydroxyl groups is 1. The van der Waals surface area contributed by atoms with Crippen LogP contribution in [0, 0.1) is 0 Å². The minimum absolute atomic E-state index is 0.138. The highest BCUT2D eigenvalue weighted by atomic mass is 35.5. The predicted molar refractivity (Wildman–Crippen MR) is 83.0 cm³/mol. The van der Waals surface area contributed by atoms with Crippen molar-refractivity contribution in [1.82, 2.24) is 9.97 Å². The van der Waals surface area contributed by atoms with Gasteiger partial charge in [0.2, 0.25) is 5.88 Å². The Bertz CT molecular complexity index is 696. The van der Waals surface area contributed by atoms with E-state index in [2.05, 4.69) is 9.97 Å². The molecule has 1 saturated heterocycles. The summed E-state index contributed by atoms with van der Waals surface area (Å²) in [7, 11) is 0. The Morgan fingerprint density at radius 2 is 2.14 bits per heavy atom. The van der Waals surface area contributed by atoms with E-state index in [-0.39, 0.29) is 23.1 Å². The summed E-state index contributed by atoms with van der Waals surface area (Å²) in [6, 6.07) is 6.65. The van der Waals surface area contributed by atoms with E-state index >= 15 is 0 Å². The number of nitrogens with zero attached hydrogens (tertiary/aromatic N) is 1. The van der Waals surface area contributed by atoms with Crippen LogP contribution in [0.25, 0.3) is 11.1 Å². The van der Waals surface area contributed by atoms with E-state index in [1.807, 2.05) is 0 Å². The number of nitrogens with one attached hydrogen (secondary N) is 1. The van der Waals surface area contributed by atoms with Crippen LogP contribution in [0.15, 0.2) is 29.1 Å². The second-order valence-electron chi connectivity index (χ2n) is 4.59. The van der Waals surface area contributed by atoms with Crippen molar-refractivity contribution in [3.05, 3.63) is 45.5 Å². The first-order valence-corrected chi connectivity index (χ1v) is 7.97. The molecule has 0 radical (unpaired) electrons. The molecule has 1 fully saturated rings. The van der Waals surface area contributed by atoms with Gasteiger partial charge in [-0.2, -0.15) is 16.7 Å². The highest BCUT2D eigenvalue weighted by Gasteiger charge is 2.22. The van der Waals surface area contributed by atoms with Crippen LogP contribution >= 0.6 is 23.4 Å². The van der Waals surface area contributed by atoms with Gasteiger partial charge in [0, 0.05) is 16.5 Å². The monoisotopic (exact) mass is 324 g/mol. The molecule has 1 unspecified atom stereocenters. The molecule has 0 amide bonds. The molecular weight excluding hydrogens is 312 g/mol. The Hall–Kier alpha value is -1.50. The molecule has 3 rings (SSSR count). The fraction of sp³-hybridized carbons (Fsp3) is 0.286. The van der Waals surface area contributed by atoms with E-state index < -0.39 is 0 Å². The lowest BCUT2D eigenvalue weighted by Gasteiger charge is -2.21. The molecule has 0 spiro atoms. The standard InChI is InChI=1S/C14H13ClN2O3S/c15-9-3-1-8(2-4-9)11-13(18)16-12(17-14(11)19)10-7-21-6-5-20-10/h1-4,10H,5-7H2,(H2,16,17,18,19). The van der Waals surface area contributed by atoms with Gasteiger partial charge in [-0.15, -0.1) is 0 Å². The maximum Gasteiger partial charge on any atom is 0.262 e. The molecule has 21 heavy (non-hydrogen) atoms. The van der Waals surface area contributed by atoms with Crippen molar-refractivity contribution in [3.63, 3.8) is 0 Å². The quantitative estimate of drug-likeness (QED) is 0.888. The molecule has 0 bridgehead atoms. The lowest BCUT2D eigenvalue weighted by atomic mass is 10.1. The number of halogens is 1. The van der Waals surface area contributed by atoms with Gasteiger partial charge < -0.3 is 14.8 Å². The summed E-state index contributed by atoms with van der Waals surface area (Å²) < 4.78 is 5.55. The molecular formula is C14H13ClN2O3S. The molecule has 1 atom stereocenters. The maximum atomic E-state index is 12.2. The molecule has 0 saturated carbocycles. The first kappa shape index (κ1) is 14.4. The van der Waals surface area contributed by atoms with E-state index in [1.54, 1.807) is 36.0 Å². The third kappa shape index (κ3) is 3.07. The molecule has 1 aromatic heterocycles. The highest BCUT2D eigenvalue weighted by molar-refractivity contribution is 7.99. The number of aromatic amines is 1. The van der Waals surface area contributed by atoms with E-state index in [1.165, 1.54) is 0 Å². The Kier molecular flexibility index (Phi) is 4.19.